The summed E-state index contributed by atoms with van der Waals surface area (Å²) in [5.74, 6) is 5.65. The molecule has 0 fully saturated rings. The van der Waals surface area contributed by atoms with Crippen molar-refractivity contribution >= 4 is 27.9 Å². The largest absolute Gasteiger partial charge is 0.297 e. The topological polar surface area (TPSA) is 55.3 Å². The molecule has 1 unspecified atom stereocenters. The maximum atomic E-state index is 5.89. The fraction of sp³-hybridized carbons (Fsp3) is 0.154. The van der Waals surface area contributed by atoms with E-state index in [-0.39, 0.29) is 6.04 Å². The maximum Gasteiger partial charge on any atom is 0.193 e. The van der Waals surface area contributed by atoms with Gasteiger partial charge in [0.25, 0.3) is 0 Å². The fourth-order valence-electron chi connectivity index (χ4n) is 2.05. The van der Waals surface area contributed by atoms with Crippen molar-refractivity contribution in [2.45, 2.75) is 12.5 Å². The Morgan fingerprint density at radius 2 is 2.16 bits per heavy atom. The van der Waals surface area contributed by atoms with Crippen molar-refractivity contribution in [2.24, 2.45) is 5.84 Å². The molecule has 0 saturated carbocycles. The van der Waals surface area contributed by atoms with Crippen LogP contribution in [0.1, 0.15) is 17.3 Å². The second-order valence-corrected chi connectivity index (χ2v) is 5.61. The molecule has 1 aromatic carbocycles. The van der Waals surface area contributed by atoms with Crippen LogP contribution in [0, 0.1) is 0 Å². The summed E-state index contributed by atoms with van der Waals surface area (Å²) in [6.45, 7) is 0. The second kappa shape index (κ2) is 5.30. The summed E-state index contributed by atoms with van der Waals surface area (Å²) < 4.78 is 2.02. The van der Waals surface area contributed by atoms with Gasteiger partial charge in [0.15, 0.2) is 4.96 Å². The summed E-state index contributed by atoms with van der Waals surface area (Å²) in [4.78, 5) is 5.57. The van der Waals surface area contributed by atoms with Gasteiger partial charge in [0.1, 0.15) is 0 Å². The zero-order chi connectivity index (χ0) is 13.2. The van der Waals surface area contributed by atoms with Crippen LogP contribution in [-0.4, -0.2) is 9.38 Å². The van der Waals surface area contributed by atoms with Gasteiger partial charge in [-0.15, -0.1) is 11.3 Å². The SMILES string of the molecule is NNC(Cc1cn2ccsc2n1)c1ccc(Cl)cc1. The minimum absolute atomic E-state index is 0.0295. The molecule has 3 aromatic rings. The number of nitrogens with one attached hydrogen (secondary N) is 1. The van der Waals surface area contributed by atoms with E-state index in [9.17, 15) is 0 Å². The average molecular weight is 293 g/mol. The van der Waals surface area contributed by atoms with Crippen molar-refractivity contribution in [3.05, 3.63) is 58.3 Å². The van der Waals surface area contributed by atoms with Crippen LogP contribution in [0.4, 0.5) is 0 Å². The predicted molar refractivity (Wildman–Crippen MR) is 78.3 cm³/mol. The zero-order valence-electron chi connectivity index (χ0n) is 10.1. The average Bonchev–Trinajstić information content (AvgIpc) is 2.98. The fourth-order valence-corrected chi connectivity index (χ4v) is 2.90. The molecule has 0 radical (unpaired) electrons. The molecule has 3 rings (SSSR count). The first kappa shape index (κ1) is 12.6. The Morgan fingerprint density at radius 3 is 2.84 bits per heavy atom. The molecule has 6 heteroatoms. The number of benzene rings is 1. The van der Waals surface area contributed by atoms with Gasteiger partial charge in [-0.3, -0.25) is 15.7 Å². The van der Waals surface area contributed by atoms with Crippen LogP contribution < -0.4 is 11.3 Å². The van der Waals surface area contributed by atoms with E-state index >= 15 is 0 Å². The number of hydrogen-bond acceptors (Lipinski definition) is 4. The summed E-state index contributed by atoms with van der Waals surface area (Å²) in [5, 5.41) is 2.74. The quantitative estimate of drug-likeness (QED) is 0.574. The van der Waals surface area contributed by atoms with Crippen LogP contribution in [0.15, 0.2) is 42.0 Å². The van der Waals surface area contributed by atoms with Crippen molar-refractivity contribution < 1.29 is 0 Å². The van der Waals surface area contributed by atoms with Gasteiger partial charge in [0, 0.05) is 29.2 Å². The number of fused-ring (bicyclic) bond motifs is 1. The van der Waals surface area contributed by atoms with E-state index in [0.717, 1.165) is 27.7 Å². The number of nitrogens with two attached hydrogens (primary N) is 1. The standard InChI is InChI=1S/C13H13ClN4S/c14-10-3-1-9(2-4-10)12(17-15)7-11-8-18-5-6-19-13(18)16-11/h1-6,8,12,17H,7,15H2. The highest BCUT2D eigenvalue weighted by molar-refractivity contribution is 7.15. The molecule has 0 bridgehead atoms. The highest BCUT2D eigenvalue weighted by Gasteiger charge is 2.13. The van der Waals surface area contributed by atoms with Gasteiger partial charge in [-0.05, 0) is 17.7 Å². The molecule has 0 spiro atoms. The van der Waals surface area contributed by atoms with E-state index in [1.54, 1.807) is 11.3 Å². The first-order valence-electron chi connectivity index (χ1n) is 5.89. The summed E-state index contributed by atoms with van der Waals surface area (Å²) in [7, 11) is 0. The number of aromatic nitrogens is 2. The first-order valence-corrected chi connectivity index (χ1v) is 7.14. The summed E-state index contributed by atoms with van der Waals surface area (Å²) in [5.41, 5.74) is 4.95. The van der Waals surface area contributed by atoms with Gasteiger partial charge in [-0.25, -0.2) is 4.98 Å². The zero-order valence-corrected chi connectivity index (χ0v) is 11.7. The molecule has 0 aliphatic rings. The predicted octanol–water partition coefficient (Wildman–Crippen LogP) is 2.80. The lowest BCUT2D eigenvalue weighted by Crippen LogP contribution is -2.29. The first-order chi connectivity index (χ1) is 9.26. The van der Waals surface area contributed by atoms with Gasteiger partial charge in [0.05, 0.1) is 11.7 Å². The molecule has 2 aromatic heterocycles. The van der Waals surface area contributed by atoms with E-state index in [0.29, 0.717) is 0 Å². The van der Waals surface area contributed by atoms with Crippen LogP contribution in [0.3, 0.4) is 0 Å². The Morgan fingerprint density at radius 1 is 1.37 bits per heavy atom. The molecule has 19 heavy (non-hydrogen) atoms. The van der Waals surface area contributed by atoms with E-state index in [2.05, 4.69) is 10.4 Å². The molecular weight excluding hydrogens is 280 g/mol. The molecule has 3 N–H and O–H groups in total. The van der Waals surface area contributed by atoms with Crippen LogP contribution in [-0.2, 0) is 6.42 Å². The second-order valence-electron chi connectivity index (χ2n) is 4.30. The monoisotopic (exact) mass is 292 g/mol. The number of hydrazine groups is 1. The Kier molecular flexibility index (Phi) is 3.52. The lowest BCUT2D eigenvalue weighted by atomic mass is 10.0. The number of halogens is 1. The smallest absolute Gasteiger partial charge is 0.193 e. The Bertz CT molecular complexity index is 645. The minimum Gasteiger partial charge on any atom is -0.297 e. The molecular formula is C13H13ClN4S. The van der Waals surface area contributed by atoms with Crippen LogP contribution in [0.5, 0.6) is 0 Å². The van der Waals surface area contributed by atoms with E-state index < -0.39 is 0 Å². The van der Waals surface area contributed by atoms with Crippen LogP contribution in [0.25, 0.3) is 4.96 Å². The van der Waals surface area contributed by atoms with Gasteiger partial charge in [-0.1, -0.05) is 23.7 Å². The van der Waals surface area contributed by atoms with Crippen LogP contribution in [0.2, 0.25) is 5.02 Å². The van der Waals surface area contributed by atoms with Gasteiger partial charge >= 0.3 is 0 Å². The Hall–Kier alpha value is -1.40. The Labute approximate surface area is 119 Å². The summed E-state index contributed by atoms with van der Waals surface area (Å²) >= 11 is 7.52. The number of thiazole rings is 1. The molecule has 4 nitrogen and oxygen atoms in total. The van der Waals surface area contributed by atoms with Gasteiger partial charge < -0.3 is 0 Å². The van der Waals surface area contributed by atoms with Crippen molar-refractivity contribution in [3.63, 3.8) is 0 Å². The van der Waals surface area contributed by atoms with Crippen molar-refractivity contribution in [1.82, 2.24) is 14.8 Å². The molecule has 1 atom stereocenters. The molecule has 98 valence electrons. The molecule has 0 aliphatic heterocycles. The highest BCUT2D eigenvalue weighted by Crippen LogP contribution is 2.21. The molecule has 0 saturated heterocycles. The summed E-state index contributed by atoms with van der Waals surface area (Å²) in [6, 6.07) is 7.72. The number of nitrogens with zero attached hydrogens (tertiary/aromatic N) is 2. The van der Waals surface area contributed by atoms with Crippen molar-refractivity contribution in [1.29, 1.82) is 0 Å². The molecule has 0 amide bonds. The normalized spacial score (nSPS) is 12.9. The Balaban J connectivity index is 1.83. The van der Waals surface area contributed by atoms with E-state index in [4.69, 9.17) is 17.4 Å². The van der Waals surface area contributed by atoms with E-state index in [1.807, 2.05) is 46.4 Å². The lowest BCUT2D eigenvalue weighted by molar-refractivity contribution is 0.547. The van der Waals surface area contributed by atoms with Gasteiger partial charge in [-0.2, -0.15) is 0 Å². The third-order valence-corrected chi connectivity index (χ3v) is 4.05. The molecule has 2 heterocycles. The molecule has 0 aliphatic carbocycles. The van der Waals surface area contributed by atoms with E-state index in [1.165, 1.54) is 0 Å². The number of imidazole rings is 1. The van der Waals surface area contributed by atoms with Crippen molar-refractivity contribution in [3.8, 4) is 0 Å². The minimum atomic E-state index is 0.0295. The third kappa shape index (κ3) is 2.64. The van der Waals surface area contributed by atoms with Crippen LogP contribution >= 0.6 is 22.9 Å². The number of rotatable bonds is 4. The lowest BCUT2D eigenvalue weighted by Gasteiger charge is -2.15. The summed E-state index contributed by atoms with van der Waals surface area (Å²) in [6.07, 6.45) is 4.78. The third-order valence-electron chi connectivity index (χ3n) is 3.03. The maximum absolute atomic E-state index is 5.89. The highest BCUT2D eigenvalue weighted by atomic mass is 35.5. The van der Waals surface area contributed by atoms with Crippen molar-refractivity contribution in [2.75, 3.05) is 0 Å². The van der Waals surface area contributed by atoms with Gasteiger partial charge in [0.2, 0.25) is 0 Å². The number of hydrogen-bond donors (Lipinski definition) is 2.